The Labute approximate surface area is 168 Å². The molecule has 11 heteroatoms. The van der Waals surface area contributed by atoms with Gasteiger partial charge in [-0.15, -0.1) is 22.0 Å². The van der Waals surface area contributed by atoms with Crippen molar-refractivity contribution in [3.63, 3.8) is 0 Å². The average Bonchev–Trinajstić information content (AvgIpc) is 3.19. The molecule has 0 unspecified atom stereocenters. The van der Waals surface area contributed by atoms with E-state index in [2.05, 4.69) is 27.4 Å². The van der Waals surface area contributed by atoms with E-state index in [9.17, 15) is 9.59 Å². The molecule has 0 radical (unpaired) electrons. The van der Waals surface area contributed by atoms with Crippen LogP contribution in [0.2, 0.25) is 0 Å². The lowest BCUT2D eigenvalue weighted by Gasteiger charge is -2.11. The van der Waals surface area contributed by atoms with Crippen molar-refractivity contribution in [2.75, 3.05) is 16.8 Å². The summed E-state index contributed by atoms with van der Waals surface area (Å²) in [4.78, 5) is 30.2. The minimum Gasteiger partial charge on any atom is -0.300 e. The minimum absolute atomic E-state index is 0.000105. The lowest BCUT2D eigenvalue weighted by Crippen LogP contribution is -2.25. The molecule has 0 aromatic carbocycles. The molecule has 0 aliphatic carbocycles. The first-order valence-electron chi connectivity index (χ1n) is 8.21. The molecule has 3 heterocycles. The maximum atomic E-state index is 12.6. The number of aromatic nitrogens is 4. The van der Waals surface area contributed by atoms with Crippen molar-refractivity contribution in [2.24, 2.45) is 0 Å². The number of anilines is 1. The van der Waals surface area contributed by atoms with Crippen LogP contribution < -0.4 is 10.9 Å². The van der Waals surface area contributed by atoms with Crippen LogP contribution in [0.25, 0.3) is 0 Å². The Morgan fingerprint density at radius 2 is 2.15 bits per heavy atom. The molecule has 2 aromatic heterocycles. The first kappa shape index (κ1) is 19.7. The minimum atomic E-state index is -0.181. The van der Waals surface area contributed by atoms with Crippen LogP contribution in [0.1, 0.15) is 26.5 Å². The summed E-state index contributed by atoms with van der Waals surface area (Å²) in [7, 11) is 0. The summed E-state index contributed by atoms with van der Waals surface area (Å²) in [5.41, 5.74) is 0.852. The smallest absolute Gasteiger partial charge is 0.268 e. The van der Waals surface area contributed by atoms with Gasteiger partial charge in [-0.05, 0) is 12.7 Å². The molecule has 1 aliphatic heterocycles. The van der Waals surface area contributed by atoms with E-state index in [4.69, 9.17) is 0 Å². The molecule has 0 saturated heterocycles. The third-order valence-corrected chi connectivity index (χ3v) is 7.58. The highest BCUT2D eigenvalue weighted by Crippen LogP contribution is 2.34. The molecule has 0 spiro atoms. The van der Waals surface area contributed by atoms with E-state index < -0.39 is 0 Å². The van der Waals surface area contributed by atoms with E-state index in [0.717, 1.165) is 27.1 Å². The van der Waals surface area contributed by atoms with E-state index in [-0.39, 0.29) is 17.2 Å². The Morgan fingerprint density at radius 3 is 2.88 bits per heavy atom. The SMILES string of the molecule is CCSc1nnc(NC(=O)CSc2nc3c(c(=O)n2CC)S[C@H](C)C3)s1. The van der Waals surface area contributed by atoms with Gasteiger partial charge in [0.15, 0.2) is 9.50 Å². The van der Waals surface area contributed by atoms with E-state index in [1.165, 1.54) is 23.1 Å². The van der Waals surface area contributed by atoms with Gasteiger partial charge in [-0.3, -0.25) is 19.5 Å². The van der Waals surface area contributed by atoms with Crippen molar-refractivity contribution in [2.45, 2.75) is 53.4 Å². The van der Waals surface area contributed by atoms with Gasteiger partial charge < -0.3 is 0 Å². The zero-order valence-electron chi connectivity index (χ0n) is 14.6. The number of hydrogen-bond acceptors (Lipinski definition) is 9. The molecule has 26 heavy (non-hydrogen) atoms. The van der Waals surface area contributed by atoms with E-state index in [0.29, 0.717) is 22.1 Å². The van der Waals surface area contributed by atoms with Gasteiger partial charge in [0.25, 0.3) is 5.56 Å². The summed E-state index contributed by atoms with van der Waals surface area (Å²) >= 11 is 5.82. The highest BCUT2D eigenvalue weighted by Gasteiger charge is 2.26. The lowest BCUT2D eigenvalue weighted by atomic mass is 10.2. The average molecular weight is 430 g/mol. The van der Waals surface area contributed by atoms with Gasteiger partial charge in [0, 0.05) is 18.2 Å². The highest BCUT2D eigenvalue weighted by molar-refractivity contribution is 8.01. The molecule has 140 valence electrons. The van der Waals surface area contributed by atoms with Crippen LogP contribution in [0.5, 0.6) is 0 Å². The van der Waals surface area contributed by atoms with Gasteiger partial charge in [-0.2, -0.15) is 0 Å². The number of hydrogen-bond donors (Lipinski definition) is 1. The molecule has 2 aromatic rings. The number of fused-ring (bicyclic) bond motifs is 1. The number of amides is 1. The Morgan fingerprint density at radius 1 is 1.35 bits per heavy atom. The van der Waals surface area contributed by atoms with Crippen molar-refractivity contribution in [1.29, 1.82) is 0 Å². The van der Waals surface area contributed by atoms with E-state index in [1.807, 2.05) is 13.8 Å². The zero-order valence-corrected chi connectivity index (χ0v) is 17.9. The van der Waals surface area contributed by atoms with Gasteiger partial charge in [0.05, 0.1) is 16.3 Å². The van der Waals surface area contributed by atoms with Gasteiger partial charge >= 0.3 is 0 Å². The second kappa shape index (κ2) is 8.77. The zero-order chi connectivity index (χ0) is 18.7. The third kappa shape index (κ3) is 4.44. The number of nitrogens with one attached hydrogen (secondary N) is 1. The first-order valence-corrected chi connectivity index (χ1v) is 11.9. The quantitative estimate of drug-likeness (QED) is 0.408. The fourth-order valence-corrected chi connectivity index (χ4v) is 6.11. The molecular formula is C15H19N5O2S4. The molecule has 1 amide bonds. The molecule has 0 saturated carbocycles. The summed E-state index contributed by atoms with van der Waals surface area (Å²) in [6.07, 6.45) is 0.794. The van der Waals surface area contributed by atoms with Crippen LogP contribution in [0.3, 0.4) is 0 Å². The largest absolute Gasteiger partial charge is 0.300 e. The molecule has 7 nitrogen and oxygen atoms in total. The highest BCUT2D eigenvalue weighted by atomic mass is 32.2. The Balaban J connectivity index is 1.67. The summed E-state index contributed by atoms with van der Waals surface area (Å²) in [5, 5.41) is 12.2. The number of thioether (sulfide) groups is 3. The van der Waals surface area contributed by atoms with Crippen LogP contribution in [0.15, 0.2) is 19.2 Å². The van der Waals surface area contributed by atoms with Gasteiger partial charge in [0.1, 0.15) is 0 Å². The lowest BCUT2D eigenvalue weighted by molar-refractivity contribution is -0.113. The number of carbonyl (C=O) groups is 1. The predicted octanol–water partition coefficient (Wildman–Crippen LogP) is 2.99. The second-order valence-electron chi connectivity index (χ2n) is 5.50. The fraction of sp³-hybridized carbons (Fsp3) is 0.533. The topological polar surface area (TPSA) is 89.8 Å². The Bertz CT molecular complexity index is 866. The van der Waals surface area contributed by atoms with Gasteiger partial charge in [-0.25, -0.2) is 4.98 Å². The van der Waals surface area contributed by atoms with Crippen LogP contribution in [0.4, 0.5) is 5.13 Å². The summed E-state index contributed by atoms with van der Waals surface area (Å²) < 4.78 is 2.48. The maximum absolute atomic E-state index is 12.6. The standard InChI is InChI=1S/C15H19N5O2S4/c1-4-20-12(22)11-9(6-8(3)25-11)16-14(20)24-7-10(21)17-13-18-19-15(26-13)23-5-2/h8H,4-7H2,1-3H3,(H,17,18,21)/t8-/m1/s1. The molecule has 1 atom stereocenters. The molecule has 0 fully saturated rings. The fourth-order valence-electron chi connectivity index (χ4n) is 2.45. The normalized spacial score (nSPS) is 15.9. The molecule has 1 N–H and O–H groups in total. The molecule has 3 rings (SSSR count). The van der Waals surface area contributed by atoms with Crippen molar-refractivity contribution in [3.05, 3.63) is 16.0 Å². The van der Waals surface area contributed by atoms with Gasteiger partial charge in [0.2, 0.25) is 11.0 Å². The number of rotatable bonds is 7. The third-order valence-electron chi connectivity index (χ3n) is 3.53. The van der Waals surface area contributed by atoms with Crippen LogP contribution >= 0.6 is 46.6 Å². The summed E-state index contributed by atoms with van der Waals surface area (Å²) in [6.45, 7) is 6.58. The van der Waals surface area contributed by atoms with E-state index in [1.54, 1.807) is 28.1 Å². The maximum Gasteiger partial charge on any atom is 0.268 e. The molecular weight excluding hydrogens is 410 g/mol. The van der Waals surface area contributed by atoms with E-state index >= 15 is 0 Å². The van der Waals surface area contributed by atoms with Gasteiger partial charge in [-0.1, -0.05) is 48.7 Å². The Kier molecular flexibility index (Phi) is 6.65. The van der Waals surface area contributed by atoms with Crippen LogP contribution in [0, 0.1) is 0 Å². The van der Waals surface area contributed by atoms with Crippen molar-refractivity contribution in [3.8, 4) is 0 Å². The monoisotopic (exact) mass is 429 g/mol. The summed E-state index contributed by atoms with van der Waals surface area (Å²) in [5.74, 6) is 0.900. The number of nitrogens with zero attached hydrogens (tertiary/aromatic N) is 4. The Hall–Kier alpha value is -1.04. The van der Waals surface area contributed by atoms with Crippen molar-refractivity contribution >= 4 is 57.7 Å². The van der Waals surface area contributed by atoms with Crippen molar-refractivity contribution < 1.29 is 4.79 Å². The summed E-state index contributed by atoms with van der Waals surface area (Å²) in [6, 6.07) is 0. The predicted molar refractivity (Wildman–Crippen MR) is 109 cm³/mol. The van der Waals surface area contributed by atoms with Crippen molar-refractivity contribution in [1.82, 2.24) is 19.7 Å². The van der Waals surface area contributed by atoms with Crippen LogP contribution in [-0.2, 0) is 17.8 Å². The molecule has 1 aliphatic rings. The molecule has 0 bridgehead atoms. The second-order valence-corrected chi connectivity index (χ2v) is 10.4. The first-order chi connectivity index (χ1) is 12.5. The van der Waals surface area contributed by atoms with Crippen LogP contribution in [-0.4, -0.2) is 42.4 Å². The number of carbonyl (C=O) groups excluding carboxylic acids is 1.